The van der Waals surface area contributed by atoms with Gasteiger partial charge in [-0.15, -0.1) is 0 Å². The van der Waals surface area contributed by atoms with Crippen LogP contribution in [0.2, 0.25) is 0 Å². The van der Waals surface area contributed by atoms with E-state index in [1.54, 1.807) is 0 Å². The highest BCUT2D eigenvalue weighted by Crippen LogP contribution is 2.48. The van der Waals surface area contributed by atoms with E-state index < -0.39 is 21.3 Å². The third-order valence-corrected chi connectivity index (χ3v) is 12.4. The van der Waals surface area contributed by atoms with Gasteiger partial charge in [0, 0.05) is 34.1 Å². The number of allylic oxidation sites excluding steroid dienone is 8. The van der Waals surface area contributed by atoms with E-state index in [9.17, 15) is 0 Å². The molecule has 2 atom stereocenters. The molecule has 2 heterocycles. The summed E-state index contributed by atoms with van der Waals surface area (Å²) in [6, 6.07) is 47.5. The van der Waals surface area contributed by atoms with E-state index in [0.717, 1.165) is 51.6 Å². The number of fused-ring (bicyclic) bond motifs is 5. The van der Waals surface area contributed by atoms with Crippen LogP contribution in [0.15, 0.2) is 187 Å². The Bertz CT molecular complexity index is 2640. The Labute approximate surface area is 320 Å². The van der Waals surface area contributed by atoms with E-state index in [1.165, 1.54) is 39.0 Å². The maximum Gasteiger partial charge on any atom is 0.160 e. The van der Waals surface area contributed by atoms with Crippen LogP contribution >= 0.6 is 21.3 Å². The van der Waals surface area contributed by atoms with Crippen LogP contribution in [0.5, 0.6) is 0 Å². The van der Waals surface area contributed by atoms with E-state index in [1.807, 2.05) is 30.3 Å². The van der Waals surface area contributed by atoms with Crippen molar-refractivity contribution < 1.29 is 0 Å². The molecule has 5 heteroatoms. The van der Waals surface area contributed by atoms with Gasteiger partial charge in [0.25, 0.3) is 0 Å². The van der Waals surface area contributed by atoms with Crippen molar-refractivity contribution in [3.05, 3.63) is 214 Å². The first-order valence-electron chi connectivity index (χ1n) is 18.3. The Balaban J connectivity index is 0.954. The number of benzene rings is 5. The molecule has 0 N–H and O–H groups in total. The Morgan fingerprint density at radius 2 is 1.30 bits per heavy atom. The molecule has 0 saturated heterocycles. The quantitative estimate of drug-likeness (QED) is 0.151. The van der Waals surface area contributed by atoms with Gasteiger partial charge in [0.05, 0.1) is 16.7 Å². The first-order chi connectivity index (χ1) is 26.3. The van der Waals surface area contributed by atoms with Crippen LogP contribution in [-0.2, 0) is 0 Å². The largest absolute Gasteiger partial charge is 0.228 e. The number of halogens is 1. The second-order valence-corrected chi connectivity index (χ2v) is 15.4. The van der Waals surface area contributed by atoms with Crippen LogP contribution in [0.4, 0.5) is 0 Å². The molecule has 2 unspecified atom stereocenters. The van der Waals surface area contributed by atoms with Gasteiger partial charge in [-0.1, -0.05) is 158 Å². The highest BCUT2D eigenvalue weighted by molar-refractivity contribution is 14.1. The molecule has 6 aromatic rings. The molecule has 4 nitrogen and oxygen atoms in total. The molecule has 10 rings (SSSR count). The monoisotopic (exact) mass is 794 g/mol. The highest BCUT2D eigenvalue weighted by Gasteiger charge is 2.31. The van der Waals surface area contributed by atoms with Crippen molar-refractivity contribution in [1.29, 1.82) is 0 Å². The summed E-state index contributed by atoms with van der Waals surface area (Å²) in [4.78, 5) is 10.2. The molecular weight excluding hydrogens is 759 g/mol. The summed E-state index contributed by atoms with van der Waals surface area (Å²) in [6.07, 6.45) is 16.1. The molecule has 1 aliphatic heterocycles. The zero-order chi connectivity index (χ0) is 35.1. The second kappa shape index (κ2) is 13.7. The molecule has 53 heavy (non-hydrogen) atoms. The first kappa shape index (κ1) is 32.0. The standard InChI is InChI=1S/C48H35IN4/c1-2-12-34(13-3-1)48-50-45(30-46(51-48)47-43-20-10-11-21-44(43)52-49-53-47)33-24-22-31(23-25-33)36-28-26-32(35-14-4-5-15-37(35)36)27-29-42-40-18-8-6-16-38(40)39-17-7-9-19-41(39)42/h1-26,28,30,36-37,42H,27,29H2. The molecule has 0 radical (unpaired) electrons. The predicted molar refractivity (Wildman–Crippen MR) is 223 cm³/mol. The fourth-order valence-electron chi connectivity index (χ4n) is 8.43. The lowest BCUT2D eigenvalue weighted by Crippen LogP contribution is -2.27. The van der Waals surface area contributed by atoms with Crippen LogP contribution in [0.1, 0.15) is 47.1 Å². The van der Waals surface area contributed by atoms with Gasteiger partial charge in [0.15, 0.2) is 5.82 Å². The van der Waals surface area contributed by atoms with Crippen molar-refractivity contribution in [2.45, 2.75) is 24.7 Å². The molecule has 5 aromatic carbocycles. The van der Waals surface area contributed by atoms with Crippen molar-refractivity contribution in [2.75, 3.05) is 0 Å². The molecule has 1 aromatic heterocycles. The van der Waals surface area contributed by atoms with Crippen LogP contribution < -0.4 is 10.6 Å². The fourth-order valence-corrected chi connectivity index (χ4v) is 9.91. The Kier molecular flexibility index (Phi) is 8.29. The van der Waals surface area contributed by atoms with Gasteiger partial charge >= 0.3 is 0 Å². The minimum Gasteiger partial charge on any atom is -0.228 e. The van der Waals surface area contributed by atoms with E-state index in [2.05, 4.69) is 140 Å². The minimum absolute atomic E-state index is 0.263. The second-order valence-electron chi connectivity index (χ2n) is 14.0. The van der Waals surface area contributed by atoms with Gasteiger partial charge in [-0.3, -0.25) is 0 Å². The van der Waals surface area contributed by atoms with Gasteiger partial charge in [-0.25, -0.2) is 16.3 Å². The van der Waals surface area contributed by atoms with E-state index >= 15 is 0 Å². The topological polar surface area (TPSA) is 50.5 Å². The minimum atomic E-state index is -0.687. The smallest absolute Gasteiger partial charge is 0.160 e. The summed E-state index contributed by atoms with van der Waals surface area (Å²) < 4.78 is 9.65. The van der Waals surface area contributed by atoms with Crippen molar-refractivity contribution in [1.82, 2.24) is 9.97 Å². The first-order valence-corrected chi connectivity index (χ1v) is 20.2. The molecule has 0 saturated carbocycles. The normalized spacial score (nSPS) is 18.2. The number of rotatable bonds is 7. The maximum absolute atomic E-state index is 5.10. The third-order valence-electron chi connectivity index (χ3n) is 11.0. The molecule has 4 aliphatic rings. The van der Waals surface area contributed by atoms with Crippen molar-refractivity contribution in [3.63, 3.8) is 0 Å². The SMILES string of the molecule is C1=CC2=C(CCC3c4ccccc4-c4ccccc43)C=CC(c3ccc(-c4cc(C5=c6ccccc6=NI=N5)nc(-c5ccccc5)n4)cc3)C2C=C1. The fraction of sp³-hybridized carbons (Fsp3) is 0.104. The van der Waals surface area contributed by atoms with Gasteiger partial charge in [0.1, 0.15) is 27.0 Å². The molecule has 0 spiro atoms. The van der Waals surface area contributed by atoms with Crippen LogP contribution in [0, 0.1) is 5.92 Å². The molecule has 0 bridgehead atoms. The summed E-state index contributed by atoms with van der Waals surface area (Å²) in [5.41, 5.74) is 14.6. The summed E-state index contributed by atoms with van der Waals surface area (Å²) in [5, 5.41) is 2.02. The Hall–Kier alpha value is -5.66. The predicted octanol–water partition coefficient (Wildman–Crippen LogP) is 11.0. The van der Waals surface area contributed by atoms with E-state index in [-0.39, 0.29) is 5.92 Å². The Morgan fingerprint density at radius 3 is 2.11 bits per heavy atom. The average molecular weight is 795 g/mol. The Morgan fingerprint density at radius 1 is 0.585 bits per heavy atom. The van der Waals surface area contributed by atoms with Gasteiger partial charge in [-0.05, 0) is 63.9 Å². The van der Waals surface area contributed by atoms with Gasteiger partial charge in [-0.2, -0.15) is 0 Å². The highest BCUT2D eigenvalue weighted by atomic mass is 127. The molecule has 3 aliphatic carbocycles. The van der Waals surface area contributed by atoms with Crippen LogP contribution in [0.25, 0.3) is 39.5 Å². The molecular formula is C48H35IN4. The van der Waals surface area contributed by atoms with E-state index in [0.29, 0.717) is 17.7 Å². The average Bonchev–Trinajstić information content (AvgIpc) is 3.56. The summed E-state index contributed by atoms with van der Waals surface area (Å²) in [6.45, 7) is 0. The summed E-state index contributed by atoms with van der Waals surface area (Å²) in [7, 11) is 0. The number of aromatic nitrogens is 2. The summed E-state index contributed by atoms with van der Waals surface area (Å²) >= 11 is -0.687. The lowest BCUT2D eigenvalue weighted by atomic mass is 9.73. The maximum atomic E-state index is 5.10. The lowest BCUT2D eigenvalue weighted by Gasteiger charge is -2.31. The van der Waals surface area contributed by atoms with Gasteiger partial charge in [0.2, 0.25) is 0 Å². The molecule has 0 fully saturated rings. The zero-order valence-corrected chi connectivity index (χ0v) is 31.1. The van der Waals surface area contributed by atoms with Crippen LogP contribution in [-0.4, -0.2) is 9.97 Å². The van der Waals surface area contributed by atoms with Crippen molar-refractivity contribution in [2.24, 2.45) is 12.3 Å². The number of hydrogen-bond acceptors (Lipinski definition) is 4. The zero-order valence-electron chi connectivity index (χ0n) is 29.0. The molecule has 254 valence electrons. The van der Waals surface area contributed by atoms with Gasteiger partial charge < -0.3 is 0 Å². The number of nitrogens with zero attached hydrogens (tertiary/aromatic N) is 4. The summed E-state index contributed by atoms with van der Waals surface area (Å²) in [5.74, 6) is 1.70. The van der Waals surface area contributed by atoms with Crippen molar-refractivity contribution >= 4 is 27.0 Å². The van der Waals surface area contributed by atoms with Crippen LogP contribution in [0.3, 0.4) is 0 Å². The number of hydrogen-bond donors (Lipinski definition) is 0. The third kappa shape index (κ3) is 5.89. The van der Waals surface area contributed by atoms with Crippen molar-refractivity contribution in [3.8, 4) is 33.8 Å². The van der Waals surface area contributed by atoms with E-state index in [4.69, 9.17) is 16.3 Å². The molecule has 0 amide bonds. The lowest BCUT2D eigenvalue weighted by molar-refractivity contribution is 0.645.